The molecule has 2 radical (unpaired) electrons. The fourth-order valence-electron chi connectivity index (χ4n) is 0. The Morgan fingerprint density at radius 3 is 0.533 bits per heavy atom. The molecule has 0 heterocycles. The summed E-state index contributed by atoms with van der Waals surface area (Å²) in [6, 6.07) is 0. The summed E-state index contributed by atoms with van der Waals surface area (Å²) in [6.45, 7) is -2.00. The van der Waals surface area contributed by atoms with Gasteiger partial charge in [0.05, 0.1) is 0 Å². The first kappa shape index (κ1) is 48.6. The van der Waals surface area contributed by atoms with Gasteiger partial charge in [-0.25, -0.2) is 0 Å². The van der Waals surface area contributed by atoms with Crippen LogP contribution in [0, 0.1) is 0 Å². The molecule has 0 atom stereocenters. The van der Waals surface area contributed by atoms with Crippen LogP contribution in [0.15, 0.2) is 0 Å². The van der Waals surface area contributed by atoms with E-state index < -0.39 is 25.9 Å². The van der Waals surface area contributed by atoms with Gasteiger partial charge in [0.15, 0.2) is 0 Å². The van der Waals surface area contributed by atoms with E-state index in [1.54, 1.807) is 0 Å². The van der Waals surface area contributed by atoms with Crippen molar-refractivity contribution < 1.29 is 79.2 Å². The molecule has 0 aliphatic carbocycles. The third-order valence-corrected chi connectivity index (χ3v) is 0. The zero-order valence-corrected chi connectivity index (χ0v) is 8.56. The summed E-state index contributed by atoms with van der Waals surface area (Å²) in [5.74, 6) is 0. The van der Waals surface area contributed by atoms with Crippen LogP contribution in [0.25, 0.3) is 0 Å². The van der Waals surface area contributed by atoms with E-state index in [2.05, 4.69) is 0 Å². The minimum Gasteiger partial charge on any atom is -0.554 e. The van der Waals surface area contributed by atoms with Crippen molar-refractivity contribution >= 4 is 25.9 Å². The molecule has 0 aliphatic rings. The molecule has 0 amide bonds. The van der Waals surface area contributed by atoms with E-state index in [0.29, 0.717) is 0 Å². The van der Waals surface area contributed by atoms with E-state index in [1.165, 1.54) is 0 Å². The standard InChI is InChI=1S/4CH2O2.2Cu.H2O/c4*2-1-3;;;/h4*1H,(H,2,3);;;1H2/q;;;;2*+2;/p-4. The van der Waals surface area contributed by atoms with Crippen molar-refractivity contribution in [2.75, 3.05) is 0 Å². The van der Waals surface area contributed by atoms with Crippen molar-refractivity contribution in [1.29, 1.82) is 0 Å². The van der Waals surface area contributed by atoms with Gasteiger partial charge in [0.2, 0.25) is 0 Å². The van der Waals surface area contributed by atoms with Gasteiger partial charge in [-0.15, -0.1) is 0 Å². The minimum absolute atomic E-state index is 0. The Hall–Kier alpha value is -1.12. The Labute approximate surface area is 105 Å². The summed E-state index contributed by atoms with van der Waals surface area (Å²) < 4.78 is 0. The van der Waals surface area contributed by atoms with Crippen molar-refractivity contribution in [2.45, 2.75) is 0 Å². The van der Waals surface area contributed by atoms with Gasteiger partial charge >= 0.3 is 34.1 Å². The molecule has 0 aromatic rings. The third kappa shape index (κ3) is 1210. The molecule has 0 saturated carbocycles. The van der Waals surface area contributed by atoms with Gasteiger partial charge in [-0.05, 0) is 0 Å². The molecule has 2 N–H and O–H groups in total. The van der Waals surface area contributed by atoms with Crippen LogP contribution in [0.4, 0.5) is 0 Å². The summed E-state index contributed by atoms with van der Waals surface area (Å²) in [6.07, 6.45) is 0. The molecule has 0 bridgehead atoms. The molecule has 0 saturated heterocycles. The predicted octanol–water partition coefficient (Wildman–Crippen LogP) is -7.37. The molecule has 0 spiro atoms. The fraction of sp³-hybridized carbons (Fsp3) is 0. The van der Waals surface area contributed by atoms with Gasteiger partial charge in [-0.1, -0.05) is 0 Å². The number of carbonyl (C=O) groups excluding carboxylic acids is 4. The molecule has 0 aromatic heterocycles. The van der Waals surface area contributed by atoms with Crippen molar-refractivity contribution in [3.63, 3.8) is 0 Å². The number of carboxylic acid groups (broad SMARTS) is 4. The van der Waals surface area contributed by atoms with Gasteiger partial charge < -0.3 is 45.1 Å². The van der Waals surface area contributed by atoms with Gasteiger partial charge in [-0.3, -0.25) is 0 Å². The van der Waals surface area contributed by atoms with Crippen molar-refractivity contribution in [3.05, 3.63) is 0 Å². The third-order valence-electron chi connectivity index (χ3n) is 0. The molecular formula is C4H6Cu2O9. The molecule has 0 fully saturated rings. The molecule has 98 valence electrons. The second-order valence-corrected chi connectivity index (χ2v) is 0.385. The largest absolute Gasteiger partial charge is 2.00 e. The quantitative estimate of drug-likeness (QED) is 0.309. The van der Waals surface area contributed by atoms with Crippen LogP contribution in [0.3, 0.4) is 0 Å². The number of rotatable bonds is 0. The van der Waals surface area contributed by atoms with Gasteiger partial charge in [0.25, 0.3) is 0 Å². The molecule has 9 nitrogen and oxygen atoms in total. The topological polar surface area (TPSA) is 192 Å². The molecule has 11 heteroatoms. The Morgan fingerprint density at radius 2 is 0.533 bits per heavy atom. The zero-order chi connectivity index (χ0) is 10.8. The Balaban J connectivity index is -0.0000000107. The average molecular weight is 325 g/mol. The van der Waals surface area contributed by atoms with Crippen LogP contribution < -0.4 is 20.4 Å². The zero-order valence-electron chi connectivity index (χ0n) is 6.68. The van der Waals surface area contributed by atoms with Crippen LogP contribution in [0.5, 0.6) is 0 Å². The predicted molar refractivity (Wildman–Crippen MR) is 27.9 cm³/mol. The van der Waals surface area contributed by atoms with Crippen LogP contribution in [0.2, 0.25) is 0 Å². The number of hydrogen-bond acceptors (Lipinski definition) is 8. The van der Waals surface area contributed by atoms with E-state index in [1.807, 2.05) is 0 Å². The first-order valence-electron chi connectivity index (χ1n) is 1.89. The van der Waals surface area contributed by atoms with E-state index >= 15 is 0 Å². The summed E-state index contributed by atoms with van der Waals surface area (Å²) in [5.41, 5.74) is 0. The van der Waals surface area contributed by atoms with Crippen LogP contribution >= 0.6 is 0 Å². The Kier molecular flexibility index (Phi) is 711. The molecule has 15 heavy (non-hydrogen) atoms. The second-order valence-electron chi connectivity index (χ2n) is 0.385. The maximum Gasteiger partial charge on any atom is 2.00 e. The van der Waals surface area contributed by atoms with Crippen LogP contribution in [0.1, 0.15) is 0 Å². The fourth-order valence-corrected chi connectivity index (χ4v) is 0. The SMILES string of the molecule is O.O=C[O-].O=C[O-].O=C[O-].O=C[O-].[Cu+2].[Cu+2]. The second kappa shape index (κ2) is 219. The maximum absolute atomic E-state index is 8.25. The monoisotopic (exact) mass is 324 g/mol. The summed E-state index contributed by atoms with van der Waals surface area (Å²) in [5, 5.41) is 33.0. The van der Waals surface area contributed by atoms with Crippen LogP contribution in [-0.4, -0.2) is 31.4 Å². The van der Waals surface area contributed by atoms with E-state index in [4.69, 9.17) is 39.6 Å². The van der Waals surface area contributed by atoms with Gasteiger partial charge in [0, 0.05) is 25.9 Å². The van der Waals surface area contributed by atoms with E-state index in [-0.39, 0.29) is 39.6 Å². The summed E-state index contributed by atoms with van der Waals surface area (Å²) >= 11 is 0. The normalized spacial score (nSPS) is 3.20. The first-order valence-corrected chi connectivity index (χ1v) is 1.89. The van der Waals surface area contributed by atoms with Gasteiger partial charge in [0.1, 0.15) is 0 Å². The van der Waals surface area contributed by atoms with Crippen molar-refractivity contribution in [3.8, 4) is 0 Å². The van der Waals surface area contributed by atoms with E-state index in [0.717, 1.165) is 0 Å². The molecule has 0 rings (SSSR count). The minimum atomic E-state index is -0.500. The molecule has 0 unspecified atom stereocenters. The number of hydrogen-bond donors (Lipinski definition) is 0. The smallest absolute Gasteiger partial charge is 0.554 e. The molecule has 0 aliphatic heterocycles. The average Bonchev–Trinajstić information content (AvgIpc) is 1.92. The van der Waals surface area contributed by atoms with Crippen molar-refractivity contribution in [1.82, 2.24) is 0 Å². The Bertz CT molecular complexity index is 74.1. The Morgan fingerprint density at radius 1 is 0.533 bits per heavy atom. The van der Waals surface area contributed by atoms with Crippen LogP contribution in [-0.2, 0) is 53.3 Å². The molecule has 0 aromatic carbocycles. The molecular weight excluding hydrogens is 319 g/mol. The maximum atomic E-state index is 8.25. The summed E-state index contributed by atoms with van der Waals surface area (Å²) in [7, 11) is 0. The number of carbonyl (C=O) groups is 4. The summed E-state index contributed by atoms with van der Waals surface area (Å²) in [4.78, 5) is 33.0. The van der Waals surface area contributed by atoms with Gasteiger partial charge in [-0.2, -0.15) is 0 Å². The first-order chi connectivity index (χ1) is 5.66. The van der Waals surface area contributed by atoms with Crippen molar-refractivity contribution in [2.24, 2.45) is 0 Å². The van der Waals surface area contributed by atoms with E-state index in [9.17, 15) is 0 Å².